The van der Waals surface area contributed by atoms with Crippen molar-refractivity contribution >= 4 is 207 Å². The van der Waals surface area contributed by atoms with Crippen LogP contribution in [0, 0.1) is 55.4 Å². The van der Waals surface area contributed by atoms with Crippen LogP contribution in [0.2, 0.25) is 39.3 Å². The van der Waals surface area contributed by atoms with E-state index in [4.69, 9.17) is 9.29 Å². The van der Waals surface area contributed by atoms with Gasteiger partial charge in [-0.2, -0.15) is 8.42 Å². The number of nitrogens with zero attached hydrogens (tertiary/aromatic N) is 6. The van der Waals surface area contributed by atoms with E-state index in [-0.39, 0.29) is 20.7 Å². The zero-order valence-electron chi connectivity index (χ0n) is 81.8. The van der Waals surface area contributed by atoms with Crippen LogP contribution in [0.25, 0.3) is 16.7 Å². The Morgan fingerprint density at radius 1 is 0.375 bits per heavy atom. The van der Waals surface area contributed by atoms with Crippen LogP contribution < -0.4 is 35.0 Å². The van der Waals surface area contributed by atoms with Gasteiger partial charge in [0.2, 0.25) is 0 Å². The molecule has 28 heteroatoms. The summed E-state index contributed by atoms with van der Waals surface area (Å²) in [5.74, 6) is 0.0937. The summed E-state index contributed by atoms with van der Waals surface area (Å²) in [5.41, 5.74) is 33.0. The van der Waals surface area contributed by atoms with Crippen molar-refractivity contribution in [2.75, 3.05) is 99.3 Å². The molecule has 0 atom stereocenters. The topological polar surface area (TPSA) is 214 Å². The number of halogens is 5. The molecule has 0 saturated carbocycles. The van der Waals surface area contributed by atoms with Crippen molar-refractivity contribution in [2.24, 2.45) is 0 Å². The minimum atomic E-state index is -4.27. The standard InChI is InChI=1S/C32H31Br2N2O2Si.C28H33Br2N2Si.C27H32BrN2Si.3C7H8O3S/c1-35(2)23-12-14-25-29(18-23)39(5,6)30-19-24(36(3)4)13-15-26(30)31(25)20-7-9-21(10-8-20)32(37)38-28-16-11-22(33)17-27(28)34;1-16-25(17(2)28(30)18(3)27(16)29)26-21-12-10-19(31(4)5)14-23(21)33(8,9)24-15-20(32(6)7)11-13-22(24)26;1-17-13-18(2)24(28)16-23(17)27-21-11-9-19(29(3)4)14-25(21)31(7,8)26-15-20(30(5)6)10-12-22(26)27;3*1-6-2-4-7(5-3-6)11(8,9)10/h7-19H,1-6H3;10-15H,1-9H3;9-16H,1-8H3;3*2-5H,1H3,(H,8,9,10)/q3*+1;;;/p-2. The quantitative estimate of drug-likeness (QED) is 0.0419. The summed E-state index contributed by atoms with van der Waals surface area (Å²) in [6, 6.07) is 56.4. The first kappa shape index (κ1) is 107. The highest BCUT2D eigenvalue weighted by Crippen LogP contribution is 2.49. The molecule has 16 rings (SSSR count). The van der Waals surface area contributed by atoms with Gasteiger partial charge in [-0.25, -0.2) is 35.4 Å². The lowest BCUT2D eigenvalue weighted by Crippen LogP contribution is -2.49. The molecule has 136 heavy (non-hydrogen) atoms. The van der Waals surface area contributed by atoms with Gasteiger partial charge in [0.25, 0.3) is 10.1 Å². The molecule has 0 amide bonds. The highest BCUT2D eigenvalue weighted by atomic mass is 79.9. The number of aryl methyl sites for hydroxylation is 5. The average Bonchev–Trinajstić information content (AvgIpc) is 0.602. The lowest BCUT2D eigenvalue weighted by atomic mass is 9.84. The second-order valence-electron chi connectivity index (χ2n) is 37.4. The second-order valence-corrected chi connectivity index (χ2v) is 58.8. The van der Waals surface area contributed by atoms with E-state index >= 15 is 0 Å². The third-order valence-electron chi connectivity index (χ3n) is 25.3. The first-order chi connectivity index (χ1) is 63.4. The molecule has 710 valence electrons. The number of fused-ring (bicyclic) bond motifs is 6. The Bertz CT molecular complexity index is 7070. The summed E-state index contributed by atoms with van der Waals surface area (Å²) >= 11 is 18.5. The van der Waals surface area contributed by atoms with E-state index in [1.807, 2.05) is 57.2 Å². The van der Waals surface area contributed by atoms with Gasteiger partial charge in [0.1, 0.15) is 92.5 Å². The molecule has 0 radical (unpaired) electrons. The summed E-state index contributed by atoms with van der Waals surface area (Å²) in [6.45, 7) is 31.4. The van der Waals surface area contributed by atoms with Crippen molar-refractivity contribution in [3.63, 3.8) is 0 Å². The van der Waals surface area contributed by atoms with Gasteiger partial charge in [0.15, 0.2) is 17.1 Å². The fourth-order valence-electron chi connectivity index (χ4n) is 17.3. The number of ether oxygens (including phenoxy) is 1. The van der Waals surface area contributed by atoms with E-state index in [0.717, 1.165) is 26.7 Å². The number of benzene rings is 10. The van der Waals surface area contributed by atoms with Crippen molar-refractivity contribution in [3.05, 3.63) is 375 Å². The maximum absolute atomic E-state index is 13.0. The Hall–Kier alpha value is -9.48. The number of hydrogen-bond donors (Lipinski definition) is 1. The predicted octanol–water partition coefficient (Wildman–Crippen LogP) is 22.3. The monoisotopic (exact) mass is 2250 g/mol. The number of carbonyl (C=O) groups excluding carboxylic acids is 1. The van der Waals surface area contributed by atoms with E-state index in [0.29, 0.717) is 15.8 Å². The van der Waals surface area contributed by atoms with E-state index < -0.39 is 54.6 Å². The molecule has 10 aromatic carbocycles. The maximum Gasteiger partial charge on any atom is 0.343 e. The normalized spacial score (nSPS) is 15.0. The van der Waals surface area contributed by atoms with Crippen molar-refractivity contribution in [2.45, 2.75) is 109 Å². The molecule has 6 aliphatic rings. The maximum atomic E-state index is 13.0. The van der Waals surface area contributed by atoms with Crippen LogP contribution >= 0.6 is 79.6 Å². The van der Waals surface area contributed by atoms with Crippen LogP contribution in [0.15, 0.2) is 306 Å². The SMILES string of the molecule is CN(C)c1ccc2c(c1)[Si](C)(C)C1=CC(=[N+](C)C)C=CC1=C2c1ccc(C(=O)Oc2ccc(Br)cc2Br)cc1.Cc1c(Br)c(C)c(C2=C3C=CC(=[N+](C)C)C=C3[Si](C)(C)c3cc(N(C)C)ccc32)c(C)c1Br.Cc1cc(C)c(C2=C3C=CC(=[N+](C)C)C=C3[Si](C)(C)c3cc(N(C)C)ccc32)cc1Br.Cc1ccc(S(=O)(=O)O)cc1.Cc1ccc(S(=O)(=O)[O-])cc1.Cc1ccc(S(=O)(=O)[O-])cc1. The van der Waals surface area contributed by atoms with Gasteiger partial charge in [-0.3, -0.25) is 4.55 Å². The highest BCUT2D eigenvalue weighted by molar-refractivity contribution is 9.11. The molecule has 0 aromatic heterocycles. The Morgan fingerprint density at radius 2 is 0.721 bits per heavy atom. The van der Waals surface area contributed by atoms with Gasteiger partial charge in [0, 0.05) is 114 Å². The minimum absolute atomic E-state index is 0.0666. The molecular formula is C108H118Br5N6O11S3Si3+. The largest absolute Gasteiger partial charge is 0.744 e. The van der Waals surface area contributed by atoms with Gasteiger partial charge < -0.3 is 28.5 Å². The Morgan fingerprint density at radius 3 is 1.07 bits per heavy atom. The van der Waals surface area contributed by atoms with Crippen LogP contribution in [0.3, 0.4) is 0 Å². The molecule has 3 aliphatic heterocycles. The second kappa shape index (κ2) is 42.7. The number of hydrogen-bond acceptors (Lipinski definition) is 13. The van der Waals surface area contributed by atoms with Gasteiger partial charge in [-0.1, -0.05) is 192 Å². The molecule has 0 fully saturated rings. The molecule has 10 aromatic rings. The lowest BCUT2D eigenvalue weighted by Gasteiger charge is -2.39. The molecule has 0 saturated heterocycles. The van der Waals surface area contributed by atoms with Crippen LogP contribution in [0.1, 0.15) is 88.2 Å². The van der Waals surface area contributed by atoms with Crippen LogP contribution in [0.4, 0.5) is 17.1 Å². The molecule has 17 nitrogen and oxygen atoms in total. The fraction of sp³-hybridized carbons (Fsp3) is 0.241. The molecule has 3 heterocycles. The minimum Gasteiger partial charge on any atom is -0.744 e. The smallest absolute Gasteiger partial charge is 0.343 e. The third kappa shape index (κ3) is 23.6. The van der Waals surface area contributed by atoms with E-state index in [1.54, 1.807) is 42.5 Å². The Balaban J connectivity index is 0.000000168. The lowest BCUT2D eigenvalue weighted by molar-refractivity contribution is -0.462. The van der Waals surface area contributed by atoms with Crippen LogP contribution in [0.5, 0.6) is 5.75 Å². The van der Waals surface area contributed by atoms with Gasteiger partial charge in [-0.05, 0) is 325 Å². The summed E-state index contributed by atoms with van der Waals surface area (Å²) in [6.07, 6.45) is 21.0. The van der Waals surface area contributed by atoms with E-state index in [2.05, 4.69) is 388 Å². The summed E-state index contributed by atoms with van der Waals surface area (Å²) in [4.78, 5) is 19.1. The first-order valence-corrected chi connectivity index (χ1v) is 61.2. The van der Waals surface area contributed by atoms with Gasteiger partial charge >= 0.3 is 5.97 Å². The van der Waals surface area contributed by atoms with Crippen LogP contribution in [-0.2, 0) is 30.4 Å². The highest BCUT2D eigenvalue weighted by Gasteiger charge is 2.45. The molecular weight excluding hydrogens is 2140 g/mol. The predicted molar refractivity (Wildman–Crippen MR) is 587 cm³/mol. The zero-order chi connectivity index (χ0) is 101. The zero-order valence-corrected chi connectivity index (χ0v) is 95.2. The fourth-order valence-corrected chi connectivity index (χ4v) is 30.4. The first-order valence-electron chi connectivity index (χ1n) is 44.0. The average molecular weight is 2260 g/mol. The molecule has 1 N–H and O–H groups in total. The van der Waals surface area contributed by atoms with E-state index in [9.17, 15) is 39.2 Å². The summed E-state index contributed by atoms with van der Waals surface area (Å²) in [7, 11) is 7.01. The van der Waals surface area contributed by atoms with Gasteiger partial charge in [-0.15, -0.1) is 0 Å². The number of rotatable bonds is 11. The van der Waals surface area contributed by atoms with Crippen molar-refractivity contribution in [1.29, 1.82) is 0 Å². The van der Waals surface area contributed by atoms with Crippen LogP contribution in [-0.4, -0.2) is 185 Å². The van der Waals surface area contributed by atoms with Gasteiger partial charge in [0.05, 0.1) is 24.7 Å². The number of anilines is 3. The Labute approximate surface area is 849 Å². The summed E-state index contributed by atoms with van der Waals surface area (Å²) in [5, 5.41) is 8.92. The van der Waals surface area contributed by atoms with Crippen molar-refractivity contribution < 1.29 is 62.2 Å². The molecule has 3 aliphatic carbocycles. The molecule has 0 spiro atoms. The number of allylic oxidation sites excluding steroid dienone is 15. The number of esters is 1. The van der Waals surface area contributed by atoms with Crippen molar-refractivity contribution in [3.8, 4) is 5.75 Å². The third-order valence-corrected chi connectivity index (χ3v) is 42.8. The molecule has 0 bridgehead atoms. The number of carbonyl (C=O) groups is 1. The summed E-state index contributed by atoms with van der Waals surface area (Å²) < 4.78 is 109. The van der Waals surface area contributed by atoms with Crippen molar-refractivity contribution in [1.82, 2.24) is 0 Å². The van der Waals surface area contributed by atoms with E-state index in [1.165, 1.54) is 204 Å². The Kier molecular flexibility index (Phi) is 33.6. The molecule has 0 unspecified atom stereocenters.